The number of carbonyl (C=O) groups excluding carboxylic acids is 1. The van der Waals surface area contributed by atoms with Gasteiger partial charge < -0.3 is 19.5 Å². The highest BCUT2D eigenvalue weighted by molar-refractivity contribution is 7.95. The van der Waals surface area contributed by atoms with E-state index in [1.165, 1.54) is 23.3 Å². The second-order valence-corrected chi connectivity index (χ2v) is 14.4. The Bertz CT molecular complexity index is 1370. The van der Waals surface area contributed by atoms with E-state index in [4.69, 9.17) is 21.1 Å². The molecule has 1 amide bonds. The monoisotopic (exact) mass is 623 g/mol. The molecule has 9 heteroatoms. The molecule has 0 aromatic heterocycles. The van der Waals surface area contributed by atoms with Crippen molar-refractivity contribution < 1.29 is 19.4 Å². The first kappa shape index (κ1) is 29.5. The van der Waals surface area contributed by atoms with Crippen LogP contribution in [0.1, 0.15) is 66.4 Å². The first-order chi connectivity index (χ1) is 21.0. The summed E-state index contributed by atoms with van der Waals surface area (Å²) in [6.07, 6.45) is 12.0. The number of aliphatic hydroxyl groups excluding tert-OH is 1. The van der Waals surface area contributed by atoms with E-state index in [0.717, 1.165) is 101 Å². The number of carbonyl (C=O) groups is 1. The third-order valence-corrected chi connectivity index (χ3v) is 11.3. The second-order valence-electron chi connectivity index (χ2n) is 13.0. The number of nitrogens with zero attached hydrogens (tertiary/aromatic N) is 2. The molecule has 7 nitrogen and oxygen atoms in total. The van der Waals surface area contributed by atoms with Crippen molar-refractivity contribution in [2.24, 2.45) is 11.8 Å². The molecule has 7 rings (SSSR count). The van der Waals surface area contributed by atoms with Crippen LogP contribution in [0.3, 0.4) is 0 Å². The molecule has 0 unspecified atom stereocenters. The molecule has 3 heterocycles. The van der Waals surface area contributed by atoms with Gasteiger partial charge in [0.25, 0.3) is 5.91 Å². The number of aryl methyl sites for hydroxylation is 1. The molecular weight excluding hydrogens is 582 g/mol. The number of benzene rings is 2. The Hall–Kier alpha value is -2.23. The van der Waals surface area contributed by atoms with Crippen molar-refractivity contribution in [3.63, 3.8) is 0 Å². The van der Waals surface area contributed by atoms with Gasteiger partial charge in [-0.1, -0.05) is 29.8 Å². The zero-order valence-corrected chi connectivity index (χ0v) is 26.3. The highest BCUT2D eigenvalue weighted by Gasteiger charge is 2.44. The third-order valence-electron chi connectivity index (χ3n) is 10.2. The van der Waals surface area contributed by atoms with Gasteiger partial charge in [0.05, 0.1) is 24.5 Å². The molecule has 2 aliphatic carbocycles. The SMILES string of the molecule is O=C1NSN(C[C@H]2CCCO2)CC/C=C\[C@H](O)[C@@H]2CC[C@H]2CN2C[C@@]3(CCCc4cc(Cl)ccc43)COc3ccc1cc32. The number of hydrogen-bond acceptors (Lipinski definition) is 7. The lowest BCUT2D eigenvalue weighted by atomic mass is 9.68. The Morgan fingerprint density at radius 1 is 1.14 bits per heavy atom. The lowest BCUT2D eigenvalue weighted by molar-refractivity contribution is 0.0456. The van der Waals surface area contributed by atoms with Crippen molar-refractivity contribution in [3.05, 3.63) is 70.3 Å². The molecule has 2 bridgehead atoms. The highest BCUT2D eigenvalue weighted by Crippen LogP contribution is 2.46. The van der Waals surface area contributed by atoms with Crippen LogP contribution in [0.15, 0.2) is 48.6 Å². The second kappa shape index (κ2) is 12.6. The van der Waals surface area contributed by atoms with Gasteiger partial charge in [0, 0.05) is 60.9 Å². The van der Waals surface area contributed by atoms with Gasteiger partial charge >= 0.3 is 0 Å². The minimum absolute atomic E-state index is 0.110. The Labute approximate surface area is 264 Å². The van der Waals surface area contributed by atoms with E-state index in [-0.39, 0.29) is 23.3 Å². The first-order valence-corrected chi connectivity index (χ1v) is 17.1. The quantitative estimate of drug-likeness (QED) is 0.317. The number of anilines is 1. The maximum absolute atomic E-state index is 13.5. The minimum Gasteiger partial charge on any atom is -0.490 e. The number of ether oxygens (including phenoxy) is 2. The number of hydrogen-bond donors (Lipinski definition) is 2. The van der Waals surface area contributed by atoms with Crippen LogP contribution in [0, 0.1) is 11.8 Å². The Morgan fingerprint density at radius 3 is 2.91 bits per heavy atom. The van der Waals surface area contributed by atoms with Crippen molar-refractivity contribution >= 4 is 35.3 Å². The normalized spacial score (nSPS) is 32.1. The topological polar surface area (TPSA) is 74.3 Å². The largest absolute Gasteiger partial charge is 0.490 e. The van der Waals surface area contributed by atoms with Crippen molar-refractivity contribution in [1.82, 2.24) is 9.03 Å². The fourth-order valence-electron chi connectivity index (χ4n) is 7.76. The maximum Gasteiger partial charge on any atom is 0.262 e. The Balaban J connectivity index is 1.22. The minimum atomic E-state index is -0.453. The molecule has 5 aliphatic rings. The summed E-state index contributed by atoms with van der Waals surface area (Å²) in [7, 11) is 0. The molecule has 230 valence electrons. The lowest BCUT2D eigenvalue weighted by Crippen LogP contribution is -2.49. The van der Waals surface area contributed by atoms with E-state index in [9.17, 15) is 9.90 Å². The number of amides is 1. The summed E-state index contributed by atoms with van der Waals surface area (Å²) >= 11 is 7.78. The zero-order chi connectivity index (χ0) is 29.4. The maximum atomic E-state index is 13.5. The molecule has 2 N–H and O–H groups in total. The molecular formula is C34H42ClN3O4S. The van der Waals surface area contributed by atoms with Gasteiger partial charge in [-0.05, 0) is 105 Å². The fraction of sp³-hybridized carbons (Fsp3) is 0.559. The molecule has 2 aromatic carbocycles. The standard InChI is InChI=1S/C34H42ClN3O4S/c35-26-10-12-29-23(17-26)5-3-14-34(29)21-37-19-25-8-11-28(25)31(39)7-1-2-15-38(20-27-6-4-16-41-27)43-36-33(40)24-9-13-32(42-22-34)30(37)18-24/h1,7,9-10,12-13,17-18,25,27-28,31,39H,2-6,8,11,14-16,19-22H2,(H,36,40)/b7-1-/t25-,27+,28+,31-,34-/m0/s1. The summed E-state index contributed by atoms with van der Waals surface area (Å²) < 4.78 is 17.8. The number of halogens is 1. The summed E-state index contributed by atoms with van der Waals surface area (Å²) in [5, 5.41) is 12.0. The van der Waals surface area contributed by atoms with E-state index >= 15 is 0 Å². The predicted molar refractivity (Wildman–Crippen MR) is 172 cm³/mol. The van der Waals surface area contributed by atoms with E-state index in [1.54, 1.807) is 0 Å². The van der Waals surface area contributed by atoms with Crippen LogP contribution in [0.2, 0.25) is 5.02 Å². The van der Waals surface area contributed by atoms with Crippen molar-refractivity contribution in [2.75, 3.05) is 44.3 Å². The van der Waals surface area contributed by atoms with Crippen molar-refractivity contribution in [3.8, 4) is 5.75 Å². The van der Waals surface area contributed by atoms with E-state index < -0.39 is 6.10 Å². The average molecular weight is 624 g/mol. The molecule has 1 spiro atoms. The van der Waals surface area contributed by atoms with Crippen LogP contribution in [-0.2, 0) is 16.6 Å². The number of nitrogens with one attached hydrogen (secondary N) is 1. The van der Waals surface area contributed by atoms with Crippen LogP contribution in [0.25, 0.3) is 0 Å². The van der Waals surface area contributed by atoms with Crippen LogP contribution in [0.4, 0.5) is 5.69 Å². The predicted octanol–water partition coefficient (Wildman–Crippen LogP) is 5.93. The van der Waals surface area contributed by atoms with Gasteiger partial charge in [0.2, 0.25) is 0 Å². The van der Waals surface area contributed by atoms with E-state index in [2.05, 4.69) is 32.1 Å². The van der Waals surface area contributed by atoms with Gasteiger partial charge in [-0.2, -0.15) is 0 Å². The van der Waals surface area contributed by atoms with Crippen molar-refractivity contribution in [1.29, 1.82) is 0 Å². The Kier molecular flexibility index (Phi) is 8.67. The lowest BCUT2D eigenvalue weighted by Gasteiger charge is -2.45. The van der Waals surface area contributed by atoms with E-state index in [0.29, 0.717) is 18.1 Å². The molecule has 0 radical (unpaired) electrons. The van der Waals surface area contributed by atoms with Crippen LogP contribution in [0.5, 0.6) is 5.75 Å². The molecule has 2 fully saturated rings. The zero-order valence-electron chi connectivity index (χ0n) is 24.7. The Morgan fingerprint density at radius 2 is 2.07 bits per heavy atom. The summed E-state index contributed by atoms with van der Waals surface area (Å²) in [5.74, 6) is 1.31. The highest BCUT2D eigenvalue weighted by atomic mass is 35.5. The smallest absolute Gasteiger partial charge is 0.262 e. The molecule has 1 saturated heterocycles. The molecule has 2 aromatic rings. The van der Waals surface area contributed by atoms with Gasteiger partial charge in [-0.25, -0.2) is 4.31 Å². The van der Waals surface area contributed by atoms with Crippen LogP contribution < -0.4 is 14.4 Å². The van der Waals surface area contributed by atoms with E-state index in [1.807, 2.05) is 30.3 Å². The summed E-state index contributed by atoms with van der Waals surface area (Å²) in [6.45, 7) is 4.54. The average Bonchev–Trinajstić information content (AvgIpc) is 3.45. The fourth-order valence-corrected chi connectivity index (χ4v) is 8.72. The molecule has 5 atom stereocenters. The van der Waals surface area contributed by atoms with Crippen LogP contribution in [-0.4, -0.2) is 66.9 Å². The van der Waals surface area contributed by atoms with Gasteiger partial charge in [-0.15, -0.1) is 0 Å². The van der Waals surface area contributed by atoms with Crippen molar-refractivity contribution in [2.45, 2.75) is 69.0 Å². The summed E-state index contributed by atoms with van der Waals surface area (Å²) in [4.78, 5) is 16.0. The van der Waals surface area contributed by atoms with Gasteiger partial charge in [-0.3, -0.25) is 9.52 Å². The first-order valence-electron chi connectivity index (χ1n) is 16.0. The van der Waals surface area contributed by atoms with Gasteiger partial charge in [0.15, 0.2) is 0 Å². The van der Waals surface area contributed by atoms with Crippen LogP contribution >= 0.6 is 23.7 Å². The summed E-state index contributed by atoms with van der Waals surface area (Å²) in [5.41, 5.74) is 4.07. The summed E-state index contributed by atoms with van der Waals surface area (Å²) in [6, 6.07) is 12.2. The van der Waals surface area contributed by atoms with Gasteiger partial charge in [0.1, 0.15) is 5.75 Å². The number of aliphatic hydroxyl groups is 1. The number of fused-ring (bicyclic) bond motifs is 4. The molecule has 3 aliphatic heterocycles. The molecule has 1 saturated carbocycles. The third kappa shape index (κ3) is 6.19. The number of rotatable bonds is 2. The molecule has 43 heavy (non-hydrogen) atoms.